The average Bonchev–Trinajstić information content (AvgIpc) is 2.93. The van der Waals surface area contributed by atoms with Gasteiger partial charge in [0.25, 0.3) is 5.24 Å². The molecule has 1 fully saturated rings. The molecule has 0 aliphatic carbocycles. The van der Waals surface area contributed by atoms with Gasteiger partial charge in [0.2, 0.25) is 5.91 Å². The zero-order valence-electron chi connectivity index (χ0n) is 14.7. The number of alkyl halides is 3. The molecule has 0 aromatic heterocycles. The van der Waals surface area contributed by atoms with Crippen molar-refractivity contribution in [3.05, 3.63) is 59.2 Å². The van der Waals surface area contributed by atoms with E-state index < -0.39 is 39.9 Å². The first-order chi connectivity index (χ1) is 13.6. The van der Waals surface area contributed by atoms with Crippen molar-refractivity contribution in [3.8, 4) is 11.5 Å². The molecular weight excluding hydrogens is 411 g/mol. The predicted octanol–water partition coefficient (Wildman–Crippen LogP) is 4.02. The summed E-state index contributed by atoms with van der Waals surface area (Å²) in [6.45, 7) is 0. The largest absolute Gasteiger partial charge is 0.481 e. The van der Waals surface area contributed by atoms with E-state index in [4.69, 9.17) is 9.84 Å². The van der Waals surface area contributed by atoms with Crippen molar-refractivity contribution in [2.45, 2.75) is 24.3 Å². The van der Waals surface area contributed by atoms with E-state index in [-0.39, 0.29) is 24.2 Å². The molecule has 1 heterocycles. The zero-order valence-corrected chi connectivity index (χ0v) is 15.5. The van der Waals surface area contributed by atoms with E-state index in [0.29, 0.717) is 5.56 Å². The quantitative estimate of drug-likeness (QED) is 0.726. The van der Waals surface area contributed by atoms with Crippen molar-refractivity contribution in [3.63, 3.8) is 0 Å². The van der Waals surface area contributed by atoms with Gasteiger partial charge in [-0.2, -0.15) is 13.2 Å². The first-order valence-corrected chi connectivity index (χ1v) is 9.20. The van der Waals surface area contributed by atoms with Gasteiger partial charge in [0.05, 0.1) is 17.2 Å². The van der Waals surface area contributed by atoms with E-state index >= 15 is 0 Å². The van der Waals surface area contributed by atoms with Crippen LogP contribution in [0.5, 0.6) is 11.5 Å². The molecule has 10 heteroatoms. The van der Waals surface area contributed by atoms with Crippen molar-refractivity contribution < 1.29 is 37.4 Å². The van der Waals surface area contributed by atoms with Crippen LogP contribution in [0.25, 0.3) is 0 Å². The molecule has 2 amide bonds. The zero-order chi connectivity index (χ0) is 21.2. The maximum absolute atomic E-state index is 13.5. The highest BCUT2D eigenvalue weighted by Gasteiger charge is 2.36. The number of carbonyl (C=O) groups is 3. The third kappa shape index (κ3) is 5.29. The summed E-state index contributed by atoms with van der Waals surface area (Å²) in [5.74, 6) is -1.86. The van der Waals surface area contributed by atoms with Crippen LogP contribution >= 0.6 is 11.8 Å². The number of imide groups is 1. The first-order valence-electron chi connectivity index (χ1n) is 8.32. The number of carbonyl (C=O) groups excluding carboxylic acids is 2. The van der Waals surface area contributed by atoms with Crippen LogP contribution in [0.3, 0.4) is 0 Å². The molecule has 1 aliphatic rings. The van der Waals surface area contributed by atoms with Gasteiger partial charge in [0, 0.05) is 0 Å². The third-order valence-corrected chi connectivity index (χ3v) is 5.03. The lowest BCUT2D eigenvalue weighted by Crippen LogP contribution is -2.25. The van der Waals surface area contributed by atoms with Crippen molar-refractivity contribution in [1.82, 2.24) is 5.32 Å². The van der Waals surface area contributed by atoms with Gasteiger partial charge >= 0.3 is 12.1 Å². The van der Waals surface area contributed by atoms with Crippen molar-refractivity contribution in [2.75, 3.05) is 0 Å². The number of hydrogen-bond acceptors (Lipinski definition) is 5. The molecule has 0 saturated carbocycles. The van der Waals surface area contributed by atoms with Crippen molar-refractivity contribution >= 4 is 28.9 Å². The van der Waals surface area contributed by atoms with Crippen molar-refractivity contribution in [2.24, 2.45) is 0 Å². The maximum atomic E-state index is 13.5. The van der Waals surface area contributed by atoms with E-state index in [2.05, 4.69) is 5.32 Å². The van der Waals surface area contributed by atoms with Gasteiger partial charge < -0.3 is 9.84 Å². The average molecular weight is 425 g/mol. The fourth-order valence-electron chi connectivity index (χ4n) is 2.73. The normalized spacial score (nSPS) is 16.6. The second-order valence-electron chi connectivity index (χ2n) is 6.23. The number of amides is 2. The number of aliphatic carboxylic acids is 1. The van der Waals surface area contributed by atoms with Gasteiger partial charge in [0.15, 0.2) is 0 Å². The number of halogens is 3. The highest BCUT2D eigenvalue weighted by atomic mass is 32.2. The lowest BCUT2D eigenvalue weighted by Gasteiger charge is -2.16. The van der Waals surface area contributed by atoms with Crippen LogP contribution in [0.1, 0.15) is 16.7 Å². The first kappa shape index (κ1) is 20.7. The number of rotatable bonds is 6. The van der Waals surface area contributed by atoms with E-state index in [1.54, 1.807) is 0 Å². The van der Waals surface area contributed by atoms with Crippen LogP contribution in [-0.2, 0) is 28.6 Å². The number of benzene rings is 2. The molecule has 1 saturated heterocycles. The van der Waals surface area contributed by atoms with Gasteiger partial charge in [-0.3, -0.25) is 19.7 Å². The predicted molar refractivity (Wildman–Crippen MR) is 97.9 cm³/mol. The van der Waals surface area contributed by atoms with Crippen molar-refractivity contribution in [1.29, 1.82) is 0 Å². The fourth-order valence-corrected chi connectivity index (χ4v) is 3.59. The lowest BCUT2D eigenvalue weighted by molar-refractivity contribution is -0.139. The van der Waals surface area contributed by atoms with E-state index in [1.807, 2.05) is 0 Å². The SMILES string of the molecule is O=C(O)Cc1ccc(Oc2ccc(CC3SC(=O)NC3=O)cc2C(F)(F)F)cc1. The Bertz CT molecular complexity index is 959. The van der Waals surface area contributed by atoms with E-state index in [9.17, 15) is 27.6 Å². The molecule has 0 spiro atoms. The summed E-state index contributed by atoms with van der Waals surface area (Å²) in [5, 5.41) is 9.54. The molecule has 3 rings (SSSR count). The van der Waals surface area contributed by atoms with E-state index in [1.165, 1.54) is 30.3 Å². The Morgan fingerprint density at radius 1 is 1.10 bits per heavy atom. The minimum absolute atomic E-state index is 0.0323. The highest BCUT2D eigenvalue weighted by molar-refractivity contribution is 8.15. The van der Waals surface area contributed by atoms with Gasteiger partial charge in [-0.05, 0) is 41.8 Å². The fraction of sp³-hybridized carbons (Fsp3) is 0.211. The standard InChI is InChI=1S/C19H14F3NO5S/c20-19(21,22)13-7-11(8-15-17(26)23-18(27)29-15)3-6-14(13)28-12-4-1-10(2-5-12)9-16(24)25/h1-7,15H,8-9H2,(H,24,25)(H,23,26,27). The van der Waals surface area contributed by atoms with Crippen LogP contribution < -0.4 is 10.1 Å². The van der Waals surface area contributed by atoms with Crippen LogP contribution in [0, 0.1) is 0 Å². The number of carboxylic acids is 1. The van der Waals surface area contributed by atoms with Crippen LogP contribution in [-0.4, -0.2) is 27.5 Å². The van der Waals surface area contributed by atoms with Crippen LogP contribution in [0.15, 0.2) is 42.5 Å². The Morgan fingerprint density at radius 3 is 2.31 bits per heavy atom. The summed E-state index contributed by atoms with van der Waals surface area (Å²) in [4.78, 5) is 33.5. The Kier molecular flexibility index (Phi) is 5.83. The van der Waals surface area contributed by atoms with Gasteiger partial charge in [-0.25, -0.2) is 0 Å². The van der Waals surface area contributed by atoms with Crippen LogP contribution in [0.4, 0.5) is 18.0 Å². The number of thioether (sulfide) groups is 1. The molecule has 0 radical (unpaired) electrons. The molecule has 2 aromatic rings. The molecule has 152 valence electrons. The van der Waals surface area contributed by atoms with Gasteiger partial charge in [-0.1, -0.05) is 30.0 Å². The number of carboxylic acid groups (broad SMARTS) is 1. The summed E-state index contributed by atoms with van der Waals surface area (Å²) in [6.07, 6.45) is -4.94. The molecular formula is C19H14F3NO5S. The summed E-state index contributed by atoms with van der Waals surface area (Å²) < 4.78 is 45.9. The molecule has 1 atom stereocenters. The second kappa shape index (κ2) is 8.16. The van der Waals surface area contributed by atoms with Crippen LogP contribution in [0.2, 0.25) is 0 Å². The molecule has 29 heavy (non-hydrogen) atoms. The minimum atomic E-state index is -4.70. The number of ether oxygens (including phenoxy) is 1. The summed E-state index contributed by atoms with van der Waals surface area (Å²) in [5.41, 5.74) is -0.290. The maximum Gasteiger partial charge on any atom is 0.419 e. The molecule has 2 aromatic carbocycles. The Labute approximate surface area is 167 Å². The summed E-state index contributed by atoms with van der Waals surface area (Å²) >= 11 is 0.740. The molecule has 1 unspecified atom stereocenters. The lowest BCUT2D eigenvalue weighted by atomic mass is 10.0. The Hall–Kier alpha value is -3.01. The second-order valence-corrected chi connectivity index (χ2v) is 7.41. The third-order valence-electron chi connectivity index (χ3n) is 4.04. The summed E-state index contributed by atoms with van der Waals surface area (Å²) in [7, 11) is 0. The summed E-state index contributed by atoms with van der Waals surface area (Å²) in [6, 6.07) is 9.14. The molecule has 0 bridgehead atoms. The van der Waals surface area contributed by atoms with E-state index in [0.717, 1.165) is 23.9 Å². The van der Waals surface area contributed by atoms with Gasteiger partial charge in [0.1, 0.15) is 11.5 Å². The minimum Gasteiger partial charge on any atom is -0.481 e. The smallest absolute Gasteiger partial charge is 0.419 e. The Morgan fingerprint density at radius 2 is 1.76 bits per heavy atom. The topological polar surface area (TPSA) is 92.7 Å². The number of nitrogens with one attached hydrogen (secondary N) is 1. The molecule has 1 aliphatic heterocycles. The van der Waals surface area contributed by atoms with Gasteiger partial charge in [-0.15, -0.1) is 0 Å². The number of hydrogen-bond donors (Lipinski definition) is 2. The molecule has 6 nitrogen and oxygen atoms in total. The highest BCUT2D eigenvalue weighted by Crippen LogP contribution is 2.39. The Balaban J connectivity index is 1.82. The monoisotopic (exact) mass is 425 g/mol. The molecule has 2 N–H and O–H groups in total.